The van der Waals surface area contributed by atoms with Gasteiger partial charge in [-0.1, -0.05) is 23.2 Å². The highest BCUT2D eigenvalue weighted by molar-refractivity contribution is 6.41. The van der Waals surface area contributed by atoms with Gasteiger partial charge in [0.25, 0.3) is 0 Å². The molecule has 2 aromatic rings. The second-order valence-electron chi connectivity index (χ2n) is 5.72. The minimum atomic E-state index is -4.70. The van der Waals surface area contributed by atoms with Crippen LogP contribution in [0.5, 0.6) is 0 Å². The van der Waals surface area contributed by atoms with Crippen LogP contribution in [0.15, 0.2) is 6.07 Å². The molecule has 15 heteroatoms. The van der Waals surface area contributed by atoms with Crippen molar-refractivity contribution < 1.29 is 30.7 Å². The summed E-state index contributed by atoms with van der Waals surface area (Å²) in [5.41, 5.74) is -0.385. The Kier molecular flexibility index (Phi) is 6.62. The van der Waals surface area contributed by atoms with Crippen LogP contribution in [0.2, 0.25) is 10.2 Å². The molecule has 2 heterocycles. The van der Waals surface area contributed by atoms with Crippen LogP contribution in [-0.2, 0) is 0 Å². The summed E-state index contributed by atoms with van der Waals surface area (Å²) in [4.78, 5) is 14.5. The van der Waals surface area contributed by atoms with E-state index in [9.17, 15) is 30.7 Å². The van der Waals surface area contributed by atoms with Crippen molar-refractivity contribution >= 4 is 35.1 Å². The van der Waals surface area contributed by atoms with Crippen LogP contribution in [0.25, 0.3) is 11.5 Å². The van der Waals surface area contributed by atoms with Gasteiger partial charge in [-0.3, -0.25) is 0 Å². The fourth-order valence-electron chi connectivity index (χ4n) is 1.75. The molecule has 2 unspecified atom stereocenters. The lowest BCUT2D eigenvalue weighted by Gasteiger charge is -2.20. The molecule has 2 N–H and O–H groups in total. The van der Waals surface area contributed by atoms with Crippen LogP contribution in [0.3, 0.4) is 0 Å². The number of alkyl halides is 6. The number of nitrogens with zero attached hydrogens (tertiary/aromatic N) is 4. The second kappa shape index (κ2) is 8.30. The van der Waals surface area contributed by atoms with Gasteiger partial charge in [-0.2, -0.15) is 41.3 Å². The van der Waals surface area contributed by atoms with Crippen LogP contribution < -0.4 is 10.6 Å². The van der Waals surface area contributed by atoms with Gasteiger partial charge in [0.15, 0.2) is 11.0 Å². The van der Waals surface area contributed by atoms with Crippen molar-refractivity contribution in [2.75, 3.05) is 10.6 Å². The van der Waals surface area contributed by atoms with Gasteiger partial charge in [0.05, 0.1) is 0 Å². The van der Waals surface area contributed by atoms with E-state index >= 15 is 0 Å². The Morgan fingerprint density at radius 1 is 0.828 bits per heavy atom. The molecule has 0 saturated heterocycles. The number of halogens is 9. The number of hydrogen-bond acceptors (Lipinski definition) is 6. The molecule has 2 aromatic heterocycles. The van der Waals surface area contributed by atoms with E-state index in [1.54, 1.807) is 0 Å². The Morgan fingerprint density at radius 3 is 1.66 bits per heavy atom. The lowest BCUT2D eigenvalue weighted by atomic mass is 10.3. The smallest absolute Gasteiger partial charge is 0.343 e. The van der Waals surface area contributed by atoms with E-state index in [-0.39, 0.29) is 5.69 Å². The molecule has 0 radical (unpaired) electrons. The number of pyridine rings is 1. The van der Waals surface area contributed by atoms with Crippen LogP contribution >= 0.6 is 23.2 Å². The van der Waals surface area contributed by atoms with E-state index in [0.717, 1.165) is 19.9 Å². The highest BCUT2D eigenvalue weighted by Crippen LogP contribution is 2.29. The first-order chi connectivity index (χ1) is 13.2. The summed E-state index contributed by atoms with van der Waals surface area (Å²) in [7, 11) is 0. The Morgan fingerprint density at radius 2 is 1.28 bits per heavy atom. The van der Waals surface area contributed by atoms with E-state index < -0.39 is 58.2 Å². The number of aromatic nitrogens is 4. The Labute approximate surface area is 168 Å². The van der Waals surface area contributed by atoms with E-state index in [1.807, 2.05) is 10.6 Å². The van der Waals surface area contributed by atoms with E-state index in [2.05, 4.69) is 19.9 Å². The summed E-state index contributed by atoms with van der Waals surface area (Å²) in [6.45, 7) is 1.48. The standard InChI is InChI=1S/C14H11Cl2F7N6/c1-4(13(18,19)20)24-11-27-10(7-3-6(17)8(15)9(16)26-7)28-12(29-11)25-5(2)14(21,22)23/h3-5H,1-2H3,(H2,24,25,27,28,29). The molecular formula is C14H11Cl2F7N6. The summed E-state index contributed by atoms with van der Waals surface area (Å²) in [6.07, 6.45) is -9.40. The zero-order valence-electron chi connectivity index (χ0n) is 14.4. The second-order valence-corrected chi connectivity index (χ2v) is 6.45. The molecule has 2 atom stereocenters. The van der Waals surface area contributed by atoms with Crippen LogP contribution in [0.1, 0.15) is 13.8 Å². The lowest BCUT2D eigenvalue weighted by Crippen LogP contribution is -2.35. The zero-order valence-corrected chi connectivity index (χ0v) is 15.9. The summed E-state index contributed by atoms with van der Waals surface area (Å²) < 4.78 is 90.5. The first kappa shape index (κ1) is 23.1. The highest BCUT2D eigenvalue weighted by atomic mass is 35.5. The van der Waals surface area contributed by atoms with Gasteiger partial charge in [0, 0.05) is 6.07 Å². The lowest BCUT2D eigenvalue weighted by molar-refractivity contribution is -0.139. The monoisotopic (exact) mass is 466 g/mol. The molecule has 2 rings (SSSR count). The average Bonchev–Trinajstić information content (AvgIpc) is 2.57. The van der Waals surface area contributed by atoms with Gasteiger partial charge in [0.1, 0.15) is 28.6 Å². The normalized spacial score (nSPS) is 14.4. The summed E-state index contributed by atoms with van der Waals surface area (Å²) in [6, 6.07) is -3.58. The summed E-state index contributed by atoms with van der Waals surface area (Å²) in [5.74, 6) is -3.01. The molecule has 0 aliphatic rings. The molecule has 0 fully saturated rings. The third-order valence-electron chi connectivity index (χ3n) is 3.41. The molecular weight excluding hydrogens is 456 g/mol. The third kappa shape index (κ3) is 5.92. The molecule has 0 spiro atoms. The van der Waals surface area contributed by atoms with Crippen molar-refractivity contribution in [3.05, 3.63) is 22.1 Å². The van der Waals surface area contributed by atoms with Gasteiger partial charge >= 0.3 is 12.4 Å². The molecule has 160 valence electrons. The number of rotatable bonds is 5. The molecule has 0 saturated carbocycles. The summed E-state index contributed by atoms with van der Waals surface area (Å²) in [5, 5.41) is 2.76. The zero-order chi connectivity index (χ0) is 22.1. The van der Waals surface area contributed by atoms with Crippen molar-refractivity contribution in [1.82, 2.24) is 19.9 Å². The van der Waals surface area contributed by atoms with Crippen molar-refractivity contribution in [2.45, 2.75) is 38.3 Å². The minimum Gasteiger partial charge on any atom is -0.343 e. The average molecular weight is 467 g/mol. The van der Waals surface area contributed by atoms with Crippen molar-refractivity contribution in [1.29, 1.82) is 0 Å². The predicted molar refractivity (Wildman–Crippen MR) is 91.3 cm³/mol. The van der Waals surface area contributed by atoms with E-state index in [1.165, 1.54) is 0 Å². The molecule has 0 amide bonds. The van der Waals surface area contributed by atoms with Crippen molar-refractivity contribution in [3.63, 3.8) is 0 Å². The topological polar surface area (TPSA) is 75.6 Å². The maximum absolute atomic E-state index is 13.8. The van der Waals surface area contributed by atoms with Crippen molar-refractivity contribution in [3.8, 4) is 11.5 Å². The van der Waals surface area contributed by atoms with Crippen molar-refractivity contribution in [2.24, 2.45) is 0 Å². The van der Waals surface area contributed by atoms with Crippen LogP contribution in [0.4, 0.5) is 42.6 Å². The quantitative estimate of drug-likeness (QED) is 0.471. The van der Waals surface area contributed by atoms with Gasteiger partial charge in [0.2, 0.25) is 11.9 Å². The Balaban J connectivity index is 2.52. The molecule has 0 aromatic carbocycles. The van der Waals surface area contributed by atoms with Gasteiger partial charge in [-0.05, 0) is 13.8 Å². The van der Waals surface area contributed by atoms with Gasteiger partial charge in [-0.25, -0.2) is 9.37 Å². The number of nitrogens with one attached hydrogen (secondary N) is 2. The fourth-order valence-corrected chi connectivity index (χ4v) is 2.03. The minimum absolute atomic E-state index is 0.385. The Hall–Kier alpha value is -2.15. The highest BCUT2D eigenvalue weighted by Gasteiger charge is 2.38. The van der Waals surface area contributed by atoms with Crippen LogP contribution in [-0.4, -0.2) is 44.4 Å². The first-order valence-electron chi connectivity index (χ1n) is 7.63. The molecule has 6 nitrogen and oxygen atoms in total. The SMILES string of the molecule is CC(Nc1nc(NC(C)C(F)(F)F)nc(-c2cc(F)c(Cl)c(Cl)n2)n1)C(F)(F)F. The third-order valence-corrected chi connectivity index (χ3v) is 4.14. The van der Waals surface area contributed by atoms with E-state index in [4.69, 9.17) is 23.2 Å². The molecule has 0 aliphatic carbocycles. The number of hydrogen-bond donors (Lipinski definition) is 2. The van der Waals surface area contributed by atoms with Crippen LogP contribution in [0, 0.1) is 5.82 Å². The number of anilines is 2. The molecule has 0 aliphatic heterocycles. The van der Waals surface area contributed by atoms with E-state index in [0.29, 0.717) is 0 Å². The predicted octanol–water partition coefficient (Wildman–Crippen LogP) is 5.10. The summed E-state index contributed by atoms with van der Waals surface area (Å²) >= 11 is 11.2. The largest absolute Gasteiger partial charge is 0.408 e. The van der Waals surface area contributed by atoms with Gasteiger partial charge < -0.3 is 10.6 Å². The maximum Gasteiger partial charge on any atom is 0.408 e. The van der Waals surface area contributed by atoms with Gasteiger partial charge in [-0.15, -0.1) is 0 Å². The molecule has 29 heavy (non-hydrogen) atoms. The fraction of sp³-hybridized carbons (Fsp3) is 0.429. The molecule has 0 bridgehead atoms. The Bertz CT molecular complexity index is 826. The first-order valence-corrected chi connectivity index (χ1v) is 8.38. The maximum atomic E-state index is 13.8.